The third-order valence-electron chi connectivity index (χ3n) is 3.27. The Balaban J connectivity index is 1.99. The molecule has 2 rings (SSSR count). The van der Waals surface area contributed by atoms with Crippen molar-refractivity contribution in [3.63, 3.8) is 0 Å². The van der Waals surface area contributed by atoms with Crippen LogP contribution in [0.4, 0.5) is 4.39 Å². The van der Waals surface area contributed by atoms with Crippen molar-refractivity contribution in [2.75, 3.05) is 13.1 Å². The zero-order valence-electron chi connectivity index (χ0n) is 9.80. The first-order valence-corrected chi connectivity index (χ1v) is 7.57. The number of hydrogen-bond acceptors (Lipinski definition) is 1. The first-order chi connectivity index (χ1) is 8.06. The van der Waals surface area contributed by atoms with Gasteiger partial charge >= 0.3 is 0 Å². The first-order valence-electron chi connectivity index (χ1n) is 5.86. The Kier molecular flexibility index (Phi) is 4.61. The number of alkyl halides is 1. The molecule has 4 heteroatoms. The van der Waals surface area contributed by atoms with E-state index >= 15 is 0 Å². The highest BCUT2D eigenvalue weighted by Crippen LogP contribution is 2.25. The molecule has 2 atom stereocenters. The second-order valence-corrected chi connectivity index (χ2v) is 6.80. The maximum Gasteiger partial charge on any atom is 0.137 e. The van der Waals surface area contributed by atoms with Gasteiger partial charge in [0.15, 0.2) is 0 Å². The number of piperidine rings is 1. The van der Waals surface area contributed by atoms with Gasteiger partial charge in [-0.05, 0) is 52.5 Å². The van der Waals surface area contributed by atoms with Gasteiger partial charge in [0, 0.05) is 17.9 Å². The quantitative estimate of drug-likeness (QED) is 0.711. The van der Waals surface area contributed by atoms with E-state index in [-0.39, 0.29) is 5.82 Å². The SMILES string of the molecule is CC1CN(Cc2ccc(F)c(Br)c2)CCC1Br. The molecule has 0 N–H and O–H groups in total. The molecule has 1 aliphatic rings. The van der Waals surface area contributed by atoms with Crippen molar-refractivity contribution in [1.82, 2.24) is 4.90 Å². The van der Waals surface area contributed by atoms with Gasteiger partial charge in [-0.25, -0.2) is 4.39 Å². The second-order valence-electron chi connectivity index (χ2n) is 4.77. The van der Waals surface area contributed by atoms with Gasteiger partial charge in [-0.15, -0.1) is 0 Å². The molecule has 0 saturated carbocycles. The minimum atomic E-state index is -0.193. The Hall–Kier alpha value is 0.0700. The van der Waals surface area contributed by atoms with Crippen LogP contribution in [0.2, 0.25) is 0 Å². The average molecular weight is 365 g/mol. The lowest BCUT2D eigenvalue weighted by Gasteiger charge is -2.34. The molecule has 0 aromatic heterocycles. The van der Waals surface area contributed by atoms with Crippen LogP contribution in [0.3, 0.4) is 0 Å². The van der Waals surface area contributed by atoms with Gasteiger partial charge in [0.05, 0.1) is 4.47 Å². The van der Waals surface area contributed by atoms with Crippen LogP contribution in [0.1, 0.15) is 18.9 Å². The van der Waals surface area contributed by atoms with Gasteiger partial charge in [0.2, 0.25) is 0 Å². The summed E-state index contributed by atoms with van der Waals surface area (Å²) in [5.74, 6) is 0.480. The number of rotatable bonds is 2. The third-order valence-corrected chi connectivity index (χ3v) is 5.24. The summed E-state index contributed by atoms with van der Waals surface area (Å²) < 4.78 is 13.7. The summed E-state index contributed by atoms with van der Waals surface area (Å²) in [5, 5.41) is 0. The van der Waals surface area contributed by atoms with Crippen molar-refractivity contribution in [2.45, 2.75) is 24.7 Å². The molecule has 1 aromatic carbocycles. The van der Waals surface area contributed by atoms with E-state index < -0.39 is 0 Å². The van der Waals surface area contributed by atoms with Gasteiger partial charge in [-0.2, -0.15) is 0 Å². The monoisotopic (exact) mass is 363 g/mol. The van der Waals surface area contributed by atoms with Crippen molar-refractivity contribution in [3.05, 3.63) is 34.1 Å². The second kappa shape index (κ2) is 5.81. The molecule has 0 spiro atoms. The van der Waals surface area contributed by atoms with Crippen LogP contribution in [-0.2, 0) is 6.54 Å². The van der Waals surface area contributed by atoms with Gasteiger partial charge in [0.1, 0.15) is 5.82 Å². The molecule has 0 bridgehead atoms. The third kappa shape index (κ3) is 3.52. The molecule has 2 unspecified atom stereocenters. The topological polar surface area (TPSA) is 3.24 Å². The maximum absolute atomic E-state index is 13.1. The fourth-order valence-corrected chi connectivity index (χ4v) is 3.04. The molecule has 1 fully saturated rings. The van der Waals surface area contributed by atoms with Crippen molar-refractivity contribution >= 4 is 31.9 Å². The largest absolute Gasteiger partial charge is 0.299 e. The molecule has 0 radical (unpaired) electrons. The Morgan fingerprint density at radius 2 is 2.24 bits per heavy atom. The number of likely N-dealkylation sites (tertiary alicyclic amines) is 1. The van der Waals surface area contributed by atoms with Gasteiger partial charge < -0.3 is 0 Å². The van der Waals surface area contributed by atoms with E-state index in [2.05, 4.69) is 43.7 Å². The summed E-state index contributed by atoms with van der Waals surface area (Å²) in [6.07, 6.45) is 1.18. The maximum atomic E-state index is 13.1. The molecule has 1 nitrogen and oxygen atoms in total. The zero-order chi connectivity index (χ0) is 12.4. The Morgan fingerprint density at radius 1 is 1.47 bits per heavy atom. The number of benzene rings is 1. The lowest BCUT2D eigenvalue weighted by Crippen LogP contribution is -2.39. The fourth-order valence-electron chi connectivity index (χ4n) is 2.24. The minimum Gasteiger partial charge on any atom is -0.299 e. The van der Waals surface area contributed by atoms with Crippen LogP contribution in [0.25, 0.3) is 0 Å². The normalized spacial score (nSPS) is 26.1. The van der Waals surface area contributed by atoms with E-state index in [1.54, 1.807) is 0 Å². The summed E-state index contributed by atoms with van der Waals surface area (Å²) in [4.78, 5) is 3.07. The molecule has 94 valence electrons. The van der Waals surface area contributed by atoms with Gasteiger partial charge in [0.25, 0.3) is 0 Å². The van der Waals surface area contributed by atoms with Crippen LogP contribution >= 0.6 is 31.9 Å². The highest BCUT2D eigenvalue weighted by Gasteiger charge is 2.23. The summed E-state index contributed by atoms with van der Waals surface area (Å²) in [7, 11) is 0. The Labute approximate surface area is 119 Å². The lowest BCUT2D eigenvalue weighted by atomic mass is 9.99. The van der Waals surface area contributed by atoms with E-state index in [4.69, 9.17) is 0 Å². The van der Waals surface area contributed by atoms with Crippen LogP contribution in [0, 0.1) is 11.7 Å². The average Bonchev–Trinajstić information content (AvgIpc) is 2.29. The van der Waals surface area contributed by atoms with Crippen molar-refractivity contribution < 1.29 is 4.39 Å². The van der Waals surface area contributed by atoms with Crippen LogP contribution in [-0.4, -0.2) is 22.8 Å². The lowest BCUT2D eigenvalue weighted by molar-refractivity contribution is 0.183. The standard InChI is InChI=1S/C13H16Br2FN/c1-9-7-17(5-4-11(9)14)8-10-2-3-13(16)12(15)6-10/h2-3,6,9,11H,4-5,7-8H2,1H3. The molecular weight excluding hydrogens is 349 g/mol. The first kappa shape index (κ1) is 13.5. The summed E-state index contributed by atoms with van der Waals surface area (Å²) in [6, 6.07) is 5.27. The van der Waals surface area contributed by atoms with Crippen LogP contribution in [0.5, 0.6) is 0 Å². The van der Waals surface area contributed by atoms with E-state index in [1.165, 1.54) is 18.1 Å². The molecule has 0 aliphatic carbocycles. The summed E-state index contributed by atoms with van der Waals surface area (Å²) in [5.41, 5.74) is 1.17. The molecule has 1 aromatic rings. The molecule has 1 heterocycles. The summed E-state index contributed by atoms with van der Waals surface area (Å²) in [6.45, 7) is 5.38. The van der Waals surface area contributed by atoms with Gasteiger partial charge in [-0.1, -0.05) is 28.9 Å². The highest BCUT2D eigenvalue weighted by molar-refractivity contribution is 9.10. The van der Waals surface area contributed by atoms with Crippen LogP contribution in [0.15, 0.2) is 22.7 Å². The minimum absolute atomic E-state index is 0.193. The van der Waals surface area contributed by atoms with E-state index in [9.17, 15) is 4.39 Å². The molecule has 0 amide bonds. The van der Waals surface area contributed by atoms with Crippen molar-refractivity contribution in [1.29, 1.82) is 0 Å². The number of halogens is 3. The Bertz CT molecular complexity index is 397. The van der Waals surface area contributed by atoms with Crippen molar-refractivity contribution in [2.24, 2.45) is 5.92 Å². The van der Waals surface area contributed by atoms with E-state index in [0.717, 1.165) is 19.6 Å². The van der Waals surface area contributed by atoms with Crippen molar-refractivity contribution in [3.8, 4) is 0 Å². The summed E-state index contributed by atoms with van der Waals surface area (Å²) >= 11 is 6.94. The predicted molar refractivity (Wildman–Crippen MR) is 75.9 cm³/mol. The van der Waals surface area contributed by atoms with E-state index in [0.29, 0.717) is 15.2 Å². The highest BCUT2D eigenvalue weighted by atomic mass is 79.9. The number of hydrogen-bond donors (Lipinski definition) is 0. The Morgan fingerprint density at radius 3 is 2.88 bits per heavy atom. The zero-order valence-corrected chi connectivity index (χ0v) is 13.0. The van der Waals surface area contributed by atoms with Crippen LogP contribution < -0.4 is 0 Å². The molecular formula is C13H16Br2FN. The number of nitrogens with zero attached hydrogens (tertiary/aromatic N) is 1. The molecule has 1 aliphatic heterocycles. The van der Waals surface area contributed by atoms with Gasteiger partial charge in [-0.3, -0.25) is 4.90 Å². The molecule has 17 heavy (non-hydrogen) atoms. The predicted octanol–water partition coefficient (Wildman–Crippen LogP) is 4.19. The smallest absolute Gasteiger partial charge is 0.137 e. The fraction of sp³-hybridized carbons (Fsp3) is 0.538. The molecule has 1 saturated heterocycles. The van der Waals surface area contributed by atoms with E-state index in [1.807, 2.05) is 12.1 Å².